The van der Waals surface area contributed by atoms with Crippen molar-refractivity contribution in [1.29, 1.82) is 0 Å². The molecule has 0 spiro atoms. The molecular weight excluding hydrogens is 298 g/mol. The number of rotatable bonds is 7. The van der Waals surface area contributed by atoms with Crippen molar-refractivity contribution < 1.29 is 0 Å². The summed E-state index contributed by atoms with van der Waals surface area (Å²) in [5.74, 6) is 0.667. The van der Waals surface area contributed by atoms with Gasteiger partial charge in [0.05, 0.1) is 0 Å². The van der Waals surface area contributed by atoms with Gasteiger partial charge in [-0.15, -0.1) is 10.2 Å². The van der Waals surface area contributed by atoms with E-state index in [1.807, 2.05) is 18.2 Å². The van der Waals surface area contributed by atoms with Gasteiger partial charge in [-0.05, 0) is 12.0 Å². The van der Waals surface area contributed by atoms with Crippen molar-refractivity contribution in [1.82, 2.24) is 10.2 Å². The van der Waals surface area contributed by atoms with Gasteiger partial charge in [0.2, 0.25) is 5.13 Å². The number of halogens is 1. The highest BCUT2D eigenvalue weighted by molar-refractivity contribution is 8.01. The topological polar surface area (TPSA) is 37.8 Å². The molecule has 1 heterocycles. The van der Waals surface area contributed by atoms with Crippen LogP contribution in [0, 0.1) is 0 Å². The van der Waals surface area contributed by atoms with Gasteiger partial charge in [-0.25, -0.2) is 0 Å². The fraction of sp³-hybridized carbons (Fsp3) is 0.231. The van der Waals surface area contributed by atoms with E-state index in [1.54, 1.807) is 11.8 Å². The molecule has 0 atom stereocenters. The molecule has 0 aliphatic heterocycles. The molecule has 0 fully saturated rings. The number of thioether (sulfide) groups is 1. The predicted molar refractivity (Wildman–Crippen MR) is 84.3 cm³/mol. The Hall–Kier alpha value is -1.04. The number of hydrogen-bond donors (Lipinski definition) is 1. The molecule has 0 saturated heterocycles. The van der Waals surface area contributed by atoms with Crippen molar-refractivity contribution in [3.8, 4) is 0 Å². The average Bonchev–Trinajstić information content (AvgIpc) is 2.86. The Morgan fingerprint density at radius 1 is 1.32 bits per heavy atom. The number of anilines is 1. The van der Waals surface area contributed by atoms with E-state index in [0.29, 0.717) is 10.8 Å². The van der Waals surface area contributed by atoms with Crippen LogP contribution in [0.1, 0.15) is 5.56 Å². The van der Waals surface area contributed by atoms with Crippen LogP contribution in [0.3, 0.4) is 0 Å². The normalized spacial score (nSPS) is 10.4. The third-order valence-electron chi connectivity index (χ3n) is 2.29. The highest BCUT2D eigenvalue weighted by atomic mass is 35.5. The van der Waals surface area contributed by atoms with E-state index in [-0.39, 0.29) is 0 Å². The van der Waals surface area contributed by atoms with Crippen molar-refractivity contribution in [2.24, 2.45) is 0 Å². The lowest BCUT2D eigenvalue weighted by atomic mass is 10.2. The minimum atomic E-state index is 0.624. The van der Waals surface area contributed by atoms with E-state index in [2.05, 4.69) is 34.2 Å². The van der Waals surface area contributed by atoms with Crippen LogP contribution in [-0.2, 0) is 6.42 Å². The molecule has 19 heavy (non-hydrogen) atoms. The van der Waals surface area contributed by atoms with E-state index in [0.717, 1.165) is 22.4 Å². The quantitative estimate of drug-likeness (QED) is 0.783. The first-order chi connectivity index (χ1) is 9.24. The number of hydrogen-bond acceptors (Lipinski definition) is 5. The molecule has 2 aromatic rings. The zero-order valence-corrected chi connectivity index (χ0v) is 12.7. The van der Waals surface area contributed by atoms with Gasteiger partial charge in [-0.1, -0.05) is 71.6 Å². The summed E-state index contributed by atoms with van der Waals surface area (Å²) in [6, 6.07) is 10.4. The molecule has 2 rings (SSSR count). The Labute approximate surface area is 126 Å². The maximum absolute atomic E-state index is 5.71. The third kappa shape index (κ3) is 5.22. The molecule has 1 aromatic carbocycles. The first-order valence-corrected chi connectivity index (χ1v) is 7.99. The second-order valence-corrected chi connectivity index (χ2v) is 6.58. The summed E-state index contributed by atoms with van der Waals surface area (Å²) in [4.78, 5) is 0. The van der Waals surface area contributed by atoms with Crippen LogP contribution in [0.4, 0.5) is 5.13 Å². The van der Waals surface area contributed by atoms with Crippen molar-refractivity contribution in [2.75, 3.05) is 17.6 Å². The lowest BCUT2D eigenvalue weighted by Gasteiger charge is -2.01. The summed E-state index contributed by atoms with van der Waals surface area (Å²) in [5.41, 5.74) is 1.31. The lowest BCUT2D eigenvalue weighted by Crippen LogP contribution is -2.04. The first-order valence-electron chi connectivity index (χ1n) is 5.81. The summed E-state index contributed by atoms with van der Waals surface area (Å²) in [6.45, 7) is 4.50. The molecular formula is C13H14ClN3S2. The minimum absolute atomic E-state index is 0.624. The van der Waals surface area contributed by atoms with E-state index in [1.165, 1.54) is 16.9 Å². The fourth-order valence-electron chi connectivity index (χ4n) is 1.44. The fourth-order valence-corrected chi connectivity index (χ4v) is 3.13. The van der Waals surface area contributed by atoms with E-state index in [4.69, 9.17) is 11.6 Å². The van der Waals surface area contributed by atoms with Crippen LogP contribution in [0.2, 0.25) is 0 Å². The van der Waals surface area contributed by atoms with Crippen molar-refractivity contribution in [2.45, 2.75) is 10.8 Å². The van der Waals surface area contributed by atoms with Crippen LogP contribution in [-0.4, -0.2) is 22.5 Å². The Morgan fingerprint density at radius 3 is 2.84 bits per heavy atom. The SMILES string of the molecule is C=C(Cl)CSc1nnc(NCCc2ccccc2)s1. The second-order valence-electron chi connectivity index (χ2n) is 3.84. The molecule has 0 aliphatic carbocycles. The van der Waals surface area contributed by atoms with E-state index < -0.39 is 0 Å². The zero-order valence-electron chi connectivity index (χ0n) is 10.3. The Balaban J connectivity index is 1.76. The zero-order chi connectivity index (χ0) is 13.5. The van der Waals surface area contributed by atoms with Gasteiger partial charge in [0, 0.05) is 17.3 Å². The van der Waals surface area contributed by atoms with Crippen molar-refractivity contribution >= 4 is 39.8 Å². The molecule has 0 unspecified atom stereocenters. The van der Waals surface area contributed by atoms with Gasteiger partial charge < -0.3 is 5.32 Å². The maximum atomic E-state index is 5.71. The van der Waals surface area contributed by atoms with Gasteiger partial charge in [-0.3, -0.25) is 0 Å². The van der Waals surface area contributed by atoms with Crippen LogP contribution < -0.4 is 5.32 Å². The third-order valence-corrected chi connectivity index (χ3v) is 4.68. The number of nitrogens with zero attached hydrogens (tertiary/aromatic N) is 2. The molecule has 1 N–H and O–H groups in total. The molecule has 0 saturated carbocycles. The summed E-state index contributed by atoms with van der Waals surface area (Å²) in [7, 11) is 0. The van der Waals surface area contributed by atoms with Gasteiger partial charge in [0.25, 0.3) is 0 Å². The van der Waals surface area contributed by atoms with Crippen LogP contribution in [0.15, 0.2) is 46.3 Å². The highest BCUT2D eigenvalue weighted by Gasteiger charge is 2.04. The van der Waals surface area contributed by atoms with Crippen molar-refractivity contribution in [3.05, 3.63) is 47.5 Å². The van der Waals surface area contributed by atoms with Crippen LogP contribution >= 0.6 is 34.7 Å². The van der Waals surface area contributed by atoms with Gasteiger partial charge in [0.15, 0.2) is 4.34 Å². The molecule has 0 radical (unpaired) electrons. The van der Waals surface area contributed by atoms with Crippen molar-refractivity contribution in [3.63, 3.8) is 0 Å². The summed E-state index contributed by atoms with van der Waals surface area (Å²) in [6.07, 6.45) is 0.974. The number of benzene rings is 1. The molecule has 1 aromatic heterocycles. The standard InChI is InChI=1S/C13H14ClN3S2/c1-10(14)9-18-13-17-16-12(19-13)15-8-7-11-5-3-2-4-6-11/h2-6H,1,7-9H2,(H,15,16). The Morgan fingerprint density at radius 2 is 2.11 bits per heavy atom. The molecule has 3 nitrogen and oxygen atoms in total. The molecule has 0 bridgehead atoms. The molecule has 0 aliphatic rings. The second kappa shape index (κ2) is 7.53. The van der Waals surface area contributed by atoms with Gasteiger partial charge in [-0.2, -0.15) is 0 Å². The van der Waals surface area contributed by atoms with E-state index in [9.17, 15) is 0 Å². The predicted octanol–water partition coefficient (Wildman–Crippen LogP) is 4.04. The van der Waals surface area contributed by atoms with Crippen LogP contribution in [0.25, 0.3) is 0 Å². The Bertz CT molecular complexity index is 528. The largest absolute Gasteiger partial charge is 0.360 e. The van der Waals surface area contributed by atoms with Gasteiger partial charge in [0.1, 0.15) is 0 Å². The smallest absolute Gasteiger partial charge is 0.206 e. The van der Waals surface area contributed by atoms with Crippen LogP contribution in [0.5, 0.6) is 0 Å². The molecule has 100 valence electrons. The number of nitrogens with one attached hydrogen (secondary N) is 1. The average molecular weight is 312 g/mol. The first kappa shape index (κ1) is 14.4. The molecule has 0 amide bonds. The molecule has 6 heteroatoms. The van der Waals surface area contributed by atoms with E-state index >= 15 is 0 Å². The lowest BCUT2D eigenvalue weighted by molar-refractivity contribution is 0.972. The Kier molecular flexibility index (Phi) is 5.69. The monoisotopic (exact) mass is 311 g/mol. The highest BCUT2D eigenvalue weighted by Crippen LogP contribution is 2.27. The van der Waals surface area contributed by atoms with Gasteiger partial charge >= 0.3 is 0 Å². The number of aromatic nitrogens is 2. The summed E-state index contributed by atoms with van der Waals surface area (Å²) in [5, 5.41) is 12.9. The summed E-state index contributed by atoms with van der Waals surface area (Å²) < 4.78 is 0.906. The summed E-state index contributed by atoms with van der Waals surface area (Å²) >= 11 is 8.80. The minimum Gasteiger partial charge on any atom is -0.360 e. The maximum Gasteiger partial charge on any atom is 0.206 e.